The van der Waals surface area contributed by atoms with Gasteiger partial charge in [-0.15, -0.1) is 0 Å². The molecule has 35 heavy (non-hydrogen) atoms. The fourth-order valence-corrected chi connectivity index (χ4v) is 6.44. The zero-order valence-corrected chi connectivity index (χ0v) is 20.4. The molecule has 10 nitrogen and oxygen atoms in total. The molecule has 0 bridgehead atoms. The van der Waals surface area contributed by atoms with Crippen LogP contribution in [0.15, 0.2) is 24.3 Å². The standard InChI is InChI=1S/C25H35N3O7/c1-3-17(16-29)28-20-22(31)27(10-9-26-11-14-33-15-12-26)8-4-7-25(20)18(21(28)30)19-23(32)34-13-5-6-24(19,2)35-25/h4-7,17-20,29H,3,8-16H2,1-2H3/t17-,18-,19-,20?,24+,25-/m0/s1. The summed E-state index contributed by atoms with van der Waals surface area (Å²) < 4.78 is 17.5. The number of carbonyl (C=O) groups excluding carboxylic acids is 3. The number of nitrogens with zero attached hydrogens (tertiary/aromatic N) is 3. The van der Waals surface area contributed by atoms with E-state index in [-0.39, 0.29) is 25.0 Å². The van der Waals surface area contributed by atoms with Crippen molar-refractivity contribution in [2.45, 2.75) is 43.6 Å². The molecule has 1 spiro atoms. The molecule has 10 heteroatoms. The van der Waals surface area contributed by atoms with Gasteiger partial charge in [0, 0.05) is 32.7 Å². The van der Waals surface area contributed by atoms with Gasteiger partial charge in [-0.2, -0.15) is 0 Å². The molecule has 192 valence electrons. The van der Waals surface area contributed by atoms with Crippen LogP contribution >= 0.6 is 0 Å². The maximum absolute atomic E-state index is 14.1. The van der Waals surface area contributed by atoms with E-state index in [2.05, 4.69) is 4.90 Å². The third kappa shape index (κ3) is 3.82. The number of aliphatic hydroxyl groups excluding tert-OH is 1. The Kier molecular flexibility index (Phi) is 6.50. The predicted molar refractivity (Wildman–Crippen MR) is 124 cm³/mol. The number of aliphatic hydroxyl groups is 1. The summed E-state index contributed by atoms with van der Waals surface area (Å²) in [5.74, 6) is -2.85. The second-order valence-corrected chi connectivity index (χ2v) is 10.2. The molecule has 2 amide bonds. The van der Waals surface area contributed by atoms with E-state index in [9.17, 15) is 19.5 Å². The van der Waals surface area contributed by atoms with Gasteiger partial charge in [-0.1, -0.05) is 25.2 Å². The fraction of sp³-hybridized carbons (Fsp3) is 0.720. The lowest BCUT2D eigenvalue weighted by Gasteiger charge is -2.40. The summed E-state index contributed by atoms with van der Waals surface area (Å²) in [6.07, 6.45) is 7.68. The van der Waals surface area contributed by atoms with Crippen LogP contribution in [0.3, 0.4) is 0 Å². The second-order valence-electron chi connectivity index (χ2n) is 10.2. The van der Waals surface area contributed by atoms with Crippen molar-refractivity contribution in [2.24, 2.45) is 11.8 Å². The van der Waals surface area contributed by atoms with Gasteiger partial charge in [0.05, 0.1) is 37.4 Å². The first-order valence-electron chi connectivity index (χ1n) is 12.6. The Labute approximate surface area is 205 Å². The Bertz CT molecular complexity index is 928. The highest BCUT2D eigenvalue weighted by molar-refractivity contribution is 5.99. The first-order valence-corrected chi connectivity index (χ1v) is 12.6. The van der Waals surface area contributed by atoms with Crippen molar-refractivity contribution >= 4 is 17.8 Å². The quantitative estimate of drug-likeness (QED) is 0.396. The topological polar surface area (TPSA) is 109 Å². The van der Waals surface area contributed by atoms with Crippen LogP contribution in [-0.4, -0.2) is 120 Å². The molecular weight excluding hydrogens is 454 g/mol. The number of hydrogen-bond donors (Lipinski definition) is 1. The molecule has 0 aromatic heterocycles. The van der Waals surface area contributed by atoms with Gasteiger partial charge in [0.1, 0.15) is 24.2 Å². The van der Waals surface area contributed by atoms with Crippen molar-refractivity contribution in [2.75, 3.05) is 59.2 Å². The average Bonchev–Trinajstić information content (AvgIpc) is 3.11. The van der Waals surface area contributed by atoms with E-state index in [1.807, 2.05) is 19.1 Å². The number of ether oxygens (including phenoxy) is 3. The number of rotatable bonds is 6. The lowest BCUT2D eigenvalue weighted by molar-refractivity contribution is -0.159. The van der Waals surface area contributed by atoms with Gasteiger partial charge in [-0.3, -0.25) is 19.3 Å². The molecule has 0 saturated carbocycles. The molecule has 0 aromatic carbocycles. The third-order valence-corrected chi connectivity index (χ3v) is 8.20. The minimum absolute atomic E-state index is 0.119. The molecule has 3 fully saturated rings. The molecule has 0 radical (unpaired) electrons. The summed E-state index contributed by atoms with van der Waals surface area (Å²) in [5.41, 5.74) is -2.39. The normalized spacial score (nSPS) is 38.0. The van der Waals surface area contributed by atoms with E-state index in [1.165, 1.54) is 4.90 Å². The van der Waals surface area contributed by atoms with E-state index in [4.69, 9.17) is 14.2 Å². The number of fused-ring (bicyclic) bond motifs is 2. The number of morpholine rings is 1. The van der Waals surface area contributed by atoms with Gasteiger partial charge in [-0.05, 0) is 19.4 Å². The molecule has 1 unspecified atom stereocenters. The van der Waals surface area contributed by atoms with Crippen LogP contribution in [-0.2, 0) is 28.6 Å². The number of hydrogen-bond acceptors (Lipinski definition) is 8. The van der Waals surface area contributed by atoms with E-state index in [0.717, 1.165) is 13.1 Å². The van der Waals surface area contributed by atoms with Gasteiger partial charge in [0.15, 0.2) is 0 Å². The minimum atomic E-state index is -1.31. The maximum Gasteiger partial charge on any atom is 0.313 e. The van der Waals surface area contributed by atoms with Crippen LogP contribution in [0, 0.1) is 11.8 Å². The Morgan fingerprint density at radius 2 is 1.86 bits per heavy atom. The summed E-state index contributed by atoms with van der Waals surface area (Å²) in [6, 6.07) is -1.52. The van der Waals surface area contributed by atoms with Crippen molar-refractivity contribution in [3.8, 4) is 0 Å². The highest BCUT2D eigenvalue weighted by Crippen LogP contribution is 2.57. The molecule has 6 atom stereocenters. The van der Waals surface area contributed by atoms with Crippen LogP contribution in [0.5, 0.6) is 0 Å². The zero-order valence-electron chi connectivity index (χ0n) is 20.4. The number of carbonyl (C=O) groups is 3. The maximum atomic E-state index is 14.1. The lowest BCUT2D eigenvalue weighted by atomic mass is 9.75. The highest BCUT2D eigenvalue weighted by atomic mass is 16.6. The molecular formula is C25H35N3O7. The fourth-order valence-electron chi connectivity index (χ4n) is 6.44. The molecule has 5 heterocycles. The van der Waals surface area contributed by atoms with Crippen molar-refractivity contribution in [1.29, 1.82) is 0 Å². The van der Waals surface area contributed by atoms with E-state index in [0.29, 0.717) is 39.3 Å². The third-order valence-electron chi connectivity index (χ3n) is 8.20. The summed E-state index contributed by atoms with van der Waals surface area (Å²) in [5, 5.41) is 10.1. The van der Waals surface area contributed by atoms with Gasteiger partial charge in [-0.25, -0.2) is 0 Å². The van der Waals surface area contributed by atoms with Crippen LogP contribution in [0.1, 0.15) is 20.3 Å². The molecule has 0 aliphatic carbocycles. The Balaban J connectivity index is 1.53. The molecule has 5 rings (SSSR count). The smallest absolute Gasteiger partial charge is 0.313 e. The van der Waals surface area contributed by atoms with Crippen LogP contribution < -0.4 is 0 Å². The van der Waals surface area contributed by atoms with Crippen LogP contribution in [0.4, 0.5) is 0 Å². The summed E-state index contributed by atoms with van der Waals surface area (Å²) in [4.78, 5) is 46.7. The Morgan fingerprint density at radius 3 is 2.57 bits per heavy atom. The van der Waals surface area contributed by atoms with Crippen molar-refractivity contribution < 1.29 is 33.7 Å². The minimum Gasteiger partial charge on any atom is -0.461 e. The van der Waals surface area contributed by atoms with Gasteiger partial charge >= 0.3 is 5.97 Å². The lowest BCUT2D eigenvalue weighted by Crippen LogP contribution is -2.59. The number of amides is 2. The molecule has 5 aliphatic heterocycles. The van der Waals surface area contributed by atoms with Gasteiger partial charge in [0.2, 0.25) is 11.8 Å². The molecule has 1 N–H and O–H groups in total. The predicted octanol–water partition coefficient (Wildman–Crippen LogP) is -0.428. The molecule has 3 saturated heterocycles. The number of cyclic esters (lactones) is 1. The first kappa shape index (κ1) is 24.4. The van der Waals surface area contributed by atoms with Crippen molar-refractivity contribution in [3.63, 3.8) is 0 Å². The number of esters is 1. The Morgan fingerprint density at radius 1 is 1.09 bits per heavy atom. The highest BCUT2D eigenvalue weighted by Gasteiger charge is 2.75. The van der Waals surface area contributed by atoms with Crippen LogP contribution in [0.25, 0.3) is 0 Å². The Hall–Kier alpha value is -2.27. The first-order chi connectivity index (χ1) is 16.9. The SMILES string of the molecule is CC[C@@H](CO)N1C(=O)[C@@H]2[C@H]3C(=O)OCC=C[C@@]3(C)O[C@@]23C=CCN(CCN2CCOCC2)C(=O)C13. The summed E-state index contributed by atoms with van der Waals surface area (Å²) in [6.45, 7) is 8.07. The zero-order chi connectivity index (χ0) is 24.8. The monoisotopic (exact) mass is 489 g/mol. The van der Waals surface area contributed by atoms with E-state index >= 15 is 0 Å². The van der Waals surface area contributed by atoms with Gasteiger partial charge < -0.3 is 29.1 Å². The molecule has 0 aromatic rings. The van der Waals surface area contributed by atoms with Gasteiger partial charge in [0.25, 0.3) is 0 Å². The average molecular weight is 490 g/mol. The van der Waals surface area contributed by atoms with Crippen molar-refractivity contribution in [1.82, 2.24) is 14.7 Å². The largest absolute Gasteiger partial charge is 0.461 e. The van der Waals surface area contributed by atoms with Crippen LogP contribution in [0.2, 0.25) is 0 Å². The summed E-state index contributed by atoms with van der Waals surface area (Å²) in [7, 11) is 0. The van der Waals surface area contributed by atoms with E-state index in [1.54, 1.807) is 24.0 Å². The summed E-state index contributed by atoms with van der Waals surface area (Å²) >= 11 is 0. The van der Waals surface area contributed by atoms with Crippen molar-refractivity contribution in [3.05, 3.63) is 24.3 Å². The number of likely N-dealkylation sites (tertiary alicyclic amines) is 1. The molecule has 5 aliphatic rings. The van der Waals surface area contributed by atoms with E-state index < -0.39 is 41.1 Å². The second kappa shape index (κ2) is 9.31.